The third-order valence-electron chi connectivity index (χ3n) is 5.50. The van der Waals surface area contributed by atoms with Crippen LogP contribution in [0.3, 0.4) is 0 Å². The molecule has 2 aromatic rings. The molecule has 1 saturated heterocycles. The number of ether oxygens (including phenoxy) is 1. The third kappa shape index (κ3) is 3.14. The first-order chi connectivity index (χ1) is 13.2. The zero-order valence-electron chi connectivity index (χ0n) is 15.7. The Bertz CT molecular complexity index is 884. The molecule has 1 aromatic carbocycles. The lowest BCUT2D eigenvalue weighted by molar-refractivity contribution is 0.378. The van der Waals surface area contributed by atoms with Gasteiger partial charge in [0.05, 0.1) is 5.92 Å². The van der Waals surface area contributed by atoms with Crippen molar-refractivity contribution in [3.63, 3.8) is 0 Å². The van der Waals surface area contributed by atoms with E-state index >= 15 is 0 Å². The second-order valence-corrected chi connectivity index (χ2v) is 7.24. The van der Waals surface area contributed by atoms with Crippen molar-refractivity contribution in [2.75, 3.05) is 18.0 Å². The number of rotatable bonds is 5. The van der Waals surface area contributed by atoms with E-state index in [1.807, 2.05) is 0 Å². The highest BCUT2D eigenvalue weighted by molar-refractivity contribution is 5.57. The van der Waals surface area contributed by atoms with Crippen LogP contribution in [0.25, 0.3) is 0 Å². The number of fused-ring (bicyclic) bond motifs is 1. The first-order valence-electron chi connectivity index (χ1n) is 9.72. The molecule has 140 valence electrons. The normalized spacial score (nSPS) is 19.0. The highest BCUT2D eigenvalue weighted by atomic mass is 16.5. The number of hydrogen-bond donors (Lipinski definition) is 2. The van der Waals surface area contributed by atoms with Gasteiger partial charge in [-0.05, 0) is 43.4 Å². The number of hydrogen-bond acceptors (Lipinski definition) is 5. The molecule has 6 heteroatoms. The van der Waals surface area contributed by atoms with Crippen LogP contribution in [0, 0.1) is 11.3 Å². The molecule has 1 unspecified atom stereocenters. The lowest BCUT2D eigenvalue weighted by Crippen LogP contribution is -2.21. The summed E-state index contributed by atoms with van der Waals surface area (Å²) in [5.41, 5.74) is 10.8. The number of allylic oxidation sites excluding steroid dienone is 1. The van der Waals surface area contributed by atoms with Crippen molar-refractivity contribution < 1.29 is 4.74 Å². The molecule has 27 heavy (non-hydrogen) atoms. The van der Waals surface area contributed by atoms with Gasteiger partial charge in [0.1, 0.15) is 11.6 Å². The van der Waals surface area contributed by atoms with Crippen molar-refractivity contribution >= 4 is 5.69 Å². The Balaban J connectivity index is 1.73. The summed E-state index contributed by atoms with van der Waals surface area (Å²) in [7, 11) is 0. The Labute approximate surface area is 159 Å². The van der Waals surface area contributed by atoms with Crippen molar-refractivity contribution in [1.82, 2.24) is 10.2 Å². The number of nitrogens with two attached hydrogens (primary N) is 1. The van der Waals surface area contributed by atoms with Gasteiger partial charge in [-0.1, -0.05) is 25.5 Å². The molecule has 0 bridgehead atoms. The highest BCUT2D eigenvalue weighted by Crippen LogP contribution is 2.43. The molecule has 0 spiro atoms. The van der Waals surface area contributed by atoms with Crippen LogP contribution in [0.1, 0.15) is 55.3 Å². The number of nitrogens with zero attached hydrogens (tertiary/aromatic N) is 3. The number of unbranched alkanes of at least 4 members (excludes halogenated alkanes) is 1. The van der Waals surface area contributed by atoms with Gasteiger partial charge in [0, 0.05) is 30.0 Å². The summed E-state index contributed by atoms with van der Waals surface area (Å²) in [6.07, 6.45) is 5.52. The molecule has 3 N–H and O–H groups in total. The number of benzene rings is 1. The number of aromatic amines is 1. The smallest absolute Gasteiger partial charge is 0.244 e. The van der Waals surface area contributed by atoms with Gasteiger partial charge in [0.25, 0.3) is 0 Å². The molecule has 1 atom stereocenters. The molecule has 2 aliphatic rings. The summed E-state index contributed by atoms with van der Waals surface area (Å²) in [6.45, 7) is 4.38. The van der Waals surface area contributed by atoms with E-state index in [9.17, 15) is 5.26 Å². The maximum absolute atomic E-state index is 9.74. The van der Waals surface area contributed by atoms with Gasteiger partial charge < -0.3 is 15.4 Å². The van der Waals surface area contributed by atoms with Crippen molar-refractivity contribution in [2.24, 2.45) is 5.73 Å². The minimum Gasteiger partial charge on any atom is -0.420 e. The predicted octanol–water partition coefficient (Wildman–Crippen LogP) is 3.57. The van der Waals surface area contributed by atoms with Crippen molar-refractivity contribution in [2.45, 2.75) is 44.9 Å². The Morgan fingerprint density at radius 1 is 1.30 bits per heavy atom. The standard InChI is InChI=1S/C21H25N5O/c1-2-3-6-17-19-18(16(13-22)20(23)27-21(19)25-24-17)14-7-9-15(10-8-14)26-11-4-5-12-26/h7-10,18H,2-6,11-12,23H2,1H3,(H,24,25). The monoisotopic (exact) mass is 363 g/mol. The van der Waals surface area contributed by atoms with E-state index in [0.29, 0.717) is 11.5 Å². The topological polar surface area (TPSA) is 91.0 Å². The molecular weight excluding hydrogens is 338 g/mol. The lowest BCUT2D eigenvalue weighted by atomic mass is 9.83. The third-order valence-corrected chi connectivity index (χ3v) is 5.50. The van der Waals surface area contributed by atoms with E-state index < -0.39 is 0 Å². The highest BCUT2D eigenvalue weighted by Gasteiger charge is 2.35. The Morgan fingerprint density at radius 2 is 2.04 bits per heavy atom. The molecule has 2 aliphatic heterocycles. The fraction of sp³-hybridized carbons (Fsp3) is 0.429. The molecule has 1 aromatic heterocycles. The van der Waals surface area contributed by atoms with E-state index in [4.69, 9.17) is 10.5 Å². The van der Waals surface area contributed by atoms with Gasteiger partial charge in [-0.15, -0.1) is 5.10 Å². The second kappa shape index (κ2) is 7.36. The van der Waals surface area contributed by atoms with Crippen LogP contribution in [0.4, 0.5) is 5.69 Å². The van der Waals surface area contributed by atoms with Crippen molar-refractivity contribution in [3.05, 3.63) is 52.5 Å². The molecule has 0 saturated carbocycles. The number of aryl methyl sites for hydroxylation is 1. The van der Waals surface area contributed by atoms with Gasteiger partial charge in [-0.25, -0.2) is 0 Å². The second-order valence-electron chi connectivity index (χ2n) is 7.24. The number of nitriles is 1. The Hall–Kier alpha value is -2.94. The zero-order chi connectivity index (χ0) is 18.8. The summed E-state index contributed by atoms with van der Waals surface area (Å²) in [6, 6.07) is 10.8. The Morgan fingerprint density at radius 3 is 2.70 bits per heavy atom. The molecule has 0 aliphatic carbocycles. The van der Waals surface area contributed by atoms with Gasteiger partial charge in [-0.2, -0.15) is 5.26 Å². The van der Waals surface area contributed by atoms with E-state index in [0.717, 1.165) is 49.2 Å². The van der Waals surface area contributed by atoms with Gasteiger partial charge >= 0.3 is 0 Å². The molecule has 0 radical (unpaired) electrons. The van der Waals surface area contributed by atoms with E-state index in [-0.39, 0.29) is 11.8 Å². The molecule has 6 nitrogen and oxygen atoms in total. The van der Waals surface area contributed by atoms with Crippen LogP contribution in [-0.2, 0) is 6.42 Å². The quantitative estimate of drug-likeness (QED) is 0.847. The van der Waals surface area contributed by atoms with Crippen molar-refractivity contribution in [1.29, 1.82) is 5.26 Å². The minimum absolute atomic E-state index is 0.146. The molecule has 0 amide bonds. The first kappa shape index (κ1) is 17.5. The maximum Gasteiger partial charge on any atom is 0.244 e. The lowest BCUT2D eigenvalue weighted by Gasteiger charge is -2.25. The molecular formula is C21H25N5O. The molecule has 1 fully saturated rings. The summed E-state index contributed by atoms with van der Waals surface area (Å²) < 4.78 is 5.64. The van der Waals surface area contributed by atoms with E-state index in [2.05, 4.69) is 52.4 Å². The Kier molecular flexibility index (Phi) is 4.76. The van der Waals surface area contributed by atoms with Crippen LogP contribution in [0.15, 0.2) is 35.7 Å². The van der Waals surface area contributed by atoms with E-state index in [1.165, 1.54) is 18.5 Å². The van der Waals surface area contributed by atoms with Gasteiger partial charge in [0.2, 0.25) is 11.8 Å². The average molecular weight is 363 g/mol. The van der Waals surface area contributed by atoms with E-state index in [1.54, 1.807) is 0 Å². The van der Waals surface area contributed by atoms with Crippen LogP contribution >= 0.6 is 0 Å². The molecule has 3 heterocycles. The largest absolute Gasteiger partial charge is 0.420 e. The summed E-state index contributed by atoms with van der Waals surface area (Å²) in [4.78, 5) is 2.40. The zero-order valence-corrected chi connectivity index (χ0v) is 15.7. The van der Waals surface area contributed by atoms with Gasteiger partial charge in [-0.3, -0.25) is 5.10 Å². The fourth-order valence-electron chi connectivity index (χ4n) is 4.04. The maximum atomic E-state index is 9.74. The fourth-order valence-corrected chi connectivity index (χ4v) is 4.04. The number of aromatic nitrogens is 2. The minimum atomic E-state index is -0.239. The van der Waals surface area contributed by atoms with Gasteiger partial charge in [0.15, 0.2) is 0 Å². The van der Waals surface area contributed by atoms with Crippen LogP contribution in [-0.4, -0.2) is 23.3 Å². The number of nitrogens with one attached hydrogen (secondary N) is 1. The van der Waals surface area contributed by atoms with Crippen LogP contribution < -0.4 is 15.4 Å². The summed E-state index contributed by atoms with van der Waals surface area (Å²) in [5.74, 6) is 0.398. The summed E-state index contributed by atoms with van der Waals surface area (Å²) in [5, 5.41) is 17.1. The molecule has 4 rings (SSSR count). The van der Waals surface area contributed by atoms with Crippen molar-refractivity contribution in [3.8, 4) is 11.9 Å². The first-order valence-corrected chi connectivity index (χ1v) is 9.72. The number of anilines is 1. The predicted molar refractivity (Wildman–Crippen MR) is 104 cm³/mol. The SMILES string of the molecule is CCCCc1[nH]nc2c1C(c1ccc(N3CCCC3)cc1)C(C#N)=C(N)O2. The van der Waals surface area contributed by atoms with Crippen LogP contribution in [0.5, 0.6) is 5.88 Å². The summed E-state index contributed by atoms with van der Waals surface area (Å²) >= 11 is 0. The number of H-pyrrole nitrogens is 1. The van der Waals surface area contributed by atoms with Crippen LogP contribution in [0.2, 0.25) is 0 Å². The average Bonchev–Trinajstić information content (AvgIpc) is 3.35.